The topological polar surface area (TPSA) is 113 Å². The largest absolute Gasteiger partial charge is 0.387 e. The highest BCUT2D eigenvalue weighted by Crippen LogP contribution is 2.24. The molecule has 0 bridgehead atoms. The smallest absolute Gasteiger partial charge is 0.254 e. The van der Waals surface area contributed by atoms with Gasteiger partial charge in [-0.2, -0.15) is 0 Å². The maximum atomic E-state index is 13.6. The molecule has 4 N–H and O–H groups in total. The number of imide groups is 1. The van der Waals surface area contributed by atoms with Gasteiger partial charge < -0.3 is 16.2 Å². The third-order valence-corrected chi connectivity index (χ3v) is 6.08. The first kappa shape index (κ1) is 26.1. The van der Waals surface area contributed by atoms with E-state index in [4.69, 9.17) is 5.73 Å². The van der Waals surface area contributed by atoms with Crippen LogP contribution in [0, 0.1) is 0 Å². The molecular formula is C28H33N3O4. The molecule has 3 amide bonds. The average Bonchev–Trinajstić information content (AvgIpc) is 2.90. The Labute approximate surface area is 205 Å². The minimum Gasteiger partial charge on any atom is -0.387 e. The van der Waals surface area contributed by atoms with Crippen molar-refractivity contribution in [2.75, 3.05) is 19.7 Å². The SMILES string of the molecule is CCCCCN(C(=O)CO)C(=O)C(CNC(=O)c1ccc(CN)cc1)c1ccc2ccccc2c1. The lowest BCUT2D eigenvalue weighted by Crippen LogP contribution is -2.45. The summed E-state index contributed by atoms with van der Waals surface area (Å²) in [6.07, 6.45) is 2.44. The zero-order chi connectivity index (χ0) is 25.2. The van der Waals surface area contributed by atoms with Gasteiger partial charge in [-0.15, -0.1) is 0 Å². The molecule has 0 radical (unpaired) electrons. The number of nitrogens with zero attached hydrogens (tertiary/aromatic N) is 1. The molecule has 0 saturated carbocycles. The maximum Gasteiger partial charge on any atom is 0.254 e. The van der Waals surface area contributed by atoms with Crippen molar-refractivity contribution in [3.8, 4) is 0 Å². The van der Waals surface area contributed by atoms with Gasteiger partial charge in [0.25, 0.3) is 11.8 Å². The minimum atomic E-state index is -0.788. The summed E-state index contributed by atoms with van der Waals surface area (Å²) in [7, 11) is 0. The van der Waals surface area contributed by atoms with Crippen LogP contribution in [-0.4, -0.2) is 47.4 Å². The molecule has 0 aliphatic carbocycles. The zero-order valence-corrected chi connectivity index (χ0v) is 20.1. The standard InChI is InChI=1S/C28H33N3O4/c1-2-3-6-15-31(26(33)19-32)28(35)25(24-14-13-21-7-4-5-8-23(21)16-24)18-30-27(34)22-11-9-20(17-29)10-12-22/h4-5,7-14,16,25,32H,2-3,6,15,17-19,29H2,1H3,(H,30,34). The van der Waals surface area contributed by atoms with Gasteiger partial charge in [-0.25, -0.2) is 0 Å². The molecule has 3 rings (SSSR count). The number of carbonyl (C=O) groups is 3. The monoisotopic (exact) mass is 475 g/mol. The Bertz CT molecular complexity index is 1160. The number of aliphatic hydroxyl groups excluding tert-OH is 1. The van der Waals surface area contributed by atoms with Crippen molar-refractivity contribution in [2.24, 2.45) is 5.73 Å². The Hall–Kier alpha value is -3.55. The van der Waals surface area contributed by atoms with Gasteiger partial charge in [0, 0.05) is 25.2 Å². The molecule has 1 unspecified atom stereocenters. The fourth-order valence-electron chi connectivity index (χ4n) is 4.01. The van der Waals surface area contributed by atoms with Crippen LogP contribution in [-0.2, 0) is 16.1 Å². The Balaban J connectivity index is 1.89. The number of hydrogen-bond donors (Lipinski definition) is 3. The number of aliphatic hydroxyl groups is 1. The molecule has 3 aromatic carbocycles. The molecule has 184 valence electrons. The van der Waals surface area contributed by atoms with Crippen molar-refractivity contribution >= 4 is 28.5 Å². The molecule has 0 aliphatic rings. The van der Waals surface area contributed by atoms with Crippen LogP contribution in [0.4, 0.5) is 0 Å². The first-order valence-corrected chi connectivity index (χ1v) is 12.0. The van der Waals surface area contributed by atoms with E-state index in [1.165, 1.54) is 0 Å². The summed E-state index contributed by atoms with van der Waals surface area (Å²) in [5, 5.41) is 14.3. The van der Waals surface area contributed by atoms with E-state index < -0.39 is 24.3 Å². The summed E-state index contributed by atoms with van der Waals surface area (Å²) < 4.78 is 0. The Morgan fingerprint density at radius 2 is 1.69 bits per heavy atom. The predicted octanol–water partition coefficient (Wildman–Crippen LogP) is 3.35. The molecule has 35 heavy (non-hydrogen) atoms. The third kappa shape index (κ3) is 6.74. The lowest BCUT2D eigenvalue weighted by molar-refractivity contribution is -0.147. The molecule has 7 nitrogen and oxygen atoms in total. The second-order valence-electron chi connectivity index (χ2n) is 8.52. The first-order chi connectivity index (χ1) is 17.0. The number of hydrogen-bond acceptors (Lipinski definition) is 5. The number of nitrogens with one attached hydrogen (secondary N) is 1. The number of benzene rings is 3. The van der Waals surface area contributed by atoms with Crippen molar-refractivity contribution < 1.29 is 19.5 Å². The van der Waals surface area contributed by atoms with Gasteiger partial charge in [-0.3, -0.25) is 19.3 Å². The van der Waals surface area contributed by atoms with Crippen LogP contribution in [0.2, 0.25) is 0 Å². The lowest BCUT2D eigenvalue weighted by Gasteiger charge is -2.26. The van der Waals surface area contributed by atoms with E-state index in [0.29, 0.717) is 24.1 Å². The van der Waals surface area contributed by atoms with Gasteiger partial charge in [0.1, 0.15) is 6.61 Å². The zero-order valence-electron chi connectivity index (χ0n) is 20.1. The van der Waals surface area contributed by atoms with E-state index in [1.54, 1.807) is 24.3 Å². The van der Waals surface area contributed by atoms with Crippen LogP contribution in [0.15, 0.2) is 66.7 Å². The number of amides is 3. The van der Waals surface area contributed by atoms with E-state index in [0.717, 1.165) is 34.1 Å². The number of carbonyl (C=O) groups excluding carboxylic acids is 3. The molecule has 1 atom stereocenters. The summed E-state index contributed by atoms with van der Waals surface area (Å²) in [5.74, 6) is -2.18. The molecule has 0 heterocycles. The molecular weight excluding hydrogens is 442 g/mol. The molecule has 0 fully saturated rings. The second-order valence-corrected chi connectivity index (χ2v) is 8.52. The first-order valence-electron chi connectivity index (χ1n) is 12.0. The molecule has 0 aromatic heterocycles. The molecule has 7 heteroatoms. The number of unbranched alkanes of at least 4 members (excludes halogenated alkanes) is 2. The summed E-state index contributed by atoms with van der Waals surface area (Å²) >= 11 is 0. The minimum absolute atomic E-state index is 0.0115. The average molecular weight is 476 g/mol. The van der Waals surface area contributed by atoms with Crippen LogP contribution < -0.4 is 11.1 Å². The van der Waals surface area contributed by atoms with E-state index in [2.05, 4.69) is 5.32 Å². The number of nitrogens with two attached hydrogens (primary N) is 1. The summed E-state index contributed by atoms with van der Waals surface area (Å²) in [4.78, 5) is 40.0. The summed E-state index contributed by atoms with van der Waals surface area (Å²) in [5.41, 5.74) is 7.69. The highest BCUT2D eigenvalue weighted by molar-refractivity contribution is 6.00. The van der Waals surface area contributed by atoms with Crippen LogP contribution in [0.3, 0.4) is 0 Å². The van der Waals surface area contributed by atoms with Crippen LogP contribution >= 0.6 is 0 Å². The van der Waals surface area contributed by atoms with Crippen LogP contribution in [0.1, 0.15) is 53.6 Å². The van der Waals surface area contributed by atoms with Crippen molar-refractivity contribution in [3.63, 3.8) is 0 Å². The van der Waals surface area contributed by atoms with Gasteiger partial charge >= 0.3 is 0 Å². The molecule has 3 aromatic rings. The lowest BCUT2D eigenvalue weighted by atomic mass is 9.94. The fraction of sp³-hybridized carbons (Fsp3) is 0.321. The Morgan fingerprint density at radius 3 is 2.34 bits per heavy atom. The van der Waals surface area contributed by atoms with E-state index >= 15 is 0 Å². The third-order valence-electron chi connectivity index (χ3n) is 6.08. The molecule has 0 saturated heterocycles. The highest BCUT2D eigenvalue weighted by Gasteiger charge is 2.30. The van der Waals surface area contributed by atoms with Crippen molar-refractivity contribution in [1.82, 2.24) is 10.2 Å². The van der Waals surface area contributed by atoms with Crippen LogP contribution in [0.5, 0.6) is 0 Å². The second kappa shape index (κ2) is 12.8. The van der Waals surface area contributed by atoms with Gasteiger partial charge in [-0.05, 0) is 40.5 Å². The number of fused-ring (bicyclic) bond motifs is 1. The quantitative estimate of drug-likeness (QED) is 0.368. The van der Waals surface area contributed by atoms with Gasteiger partial charge in [0.2, 0.25) is 5.91 Å². The van der Waals surface area contributed by atoms with E-state index in [1.807, 2.05) is 49.4 Å². The van der Waals surface area contributed by atoms with E-state index in [-0.39, 0.29) is 19.0 Å². The predicted molar refractivity (Wildman–Crippen MR) is 137 cm³/mol. The van der Waals surface area contributed by atoms with Crippen LogP contribution in [0.25, 0.3) is 10.8 Å². The Morgan fingerprint density at radius 1 is 0.971 bits per heavy atom. The van der Waals surface area contributed by atoms with Gasteiger partial charge in [-0.1, -0.05) is 74.4 Å². The normalized spacial score (nSPS) is 11.7. The fourth-order valence-corrected chi connectivity index (χ4v) is 4.01. The molecule has 0 aliphatic heterocycles. The number of rotatable bonds is 11. The summed E-state index contributed by atoms with van der Waals surface area (Å²) in [6, 6.07) is 20.4. The van der Waals surface area contributed by atoms with Crippen molar-refractivity contribution in [3.05, 3.63) is 83.4 Å². The molecule has 0 spiro atoms. The Kier molecular flexibility index (Phi) is 9.52. The maximum absolute atomic E-state index is 13.6. The van der Waals surface area contributed by atoms with Gasteiger partial charge in [0.05, 0.1) is 5.92 Å². The highest BCUT2D eigenvalue weighted by atomic mass is 16.3. The summed E-state index contributed by atoms with van der Waals surface area (Å²) in [6.45, 7) is 1.91. The van der Waals surface area contributed by atoms with E-state index in [9.17, 15) is 19.5 Å². The van der Waals surface area contributed by atoms with Gasteiger partial charge in [0.15, 0.2) is 0 Å². The van der Waals surface area contributed by atoms with Crippen molar-refractivity contribution in [2.45, 2.75) is 38.6 Å². The van der Waals surface area contributed by atoms with Crippen molar-refractivity contribution in [1.29, 1.82) is 0 Å².